The molecule has 0 aliphatic carbocycles. The van der Waals surface area contributed by atoms with Crippen molar-refractivity contribution < 1.29 is 4.79 Å². The van der Waals surface area contributed by atoms with Gasteiger partial charge < -0.3 is 15.1 Å². The summed E-state index contributed by atoms with van der Waals surface area (Å²) in [5.41, 5.74) is 1.23. The number of carbonyl (C=O) groups is 1. The molecule has 0 aromatic heterocycles. The standard InChI is InChI=1S/C20H30N4O/c1-22-12-9-19(10-13-22)21-20(25)24-16-14-23(15-17-24)11-5-8-18-6-3-2-4-7-18/h2-8,19H,9-17H2,1H3,(H,21,25)/b8-5+. The normalized spacial score (nSPS) is 20.9. The Morgan fingerprint density at radius 3 is 2.44 bits per heavy atom. The number of piperazine rings is 1. The van der Waals surface area contributed by atoms with E-state index in [0.29, 0.717) is 6.04 Å². The number of urea groups is 1. The zero-order valence-electron chi connectivity index (χ0n) is 15.2. The van der Waals surface area contributed by atoms with Crippen LogP contribution in [0.4, 0.5) is 4.79 Å². The van der Waals surface area contributed by atoms with E-state index in [1.165, 1.54) is 5.56 Å². The Morgan fingerprint density at radius 2 is 1.76 bits per heavy atom. The number of nitrogens with zero attached hydrogens (tertiary/aromatic N) is 3. The van der Waals surface area contributed by atoms with Crippen LogP contribution in [0.3, 0.4) is 0 Å². The Bertz CT molecular complexity index is 558. The zero-order chi connectivity index (χ0) is 17.5. The number of likely N-dealkylation sites (tertiary alicyclic amines) is 1. The summed E-state index contributed by atoms with van der Waals surface area (Å²) in [6.07, 6.45) is 6.50. The van der Waals surface area contributed by atoms with E-state index in [1.54, 1.807) is 0 Å². The second-order valence-electron chi connectivity index (χ2n) is 7.13. The molecular formula is C20H30N4O. The van der Waals surface area contributed by atoms with E-state index in [1.807, 2.05) is 11.0 Å². The number of benzene rings is 1. The topological polar surface area (TPSA) is 38.8 Å². The van der Waals surface area contributed by atoms with Crippen molar-refractivity contribution in [1.82, 2.24) is 20.0 Å². The van der Waals surface area contributed by atoms with E-state index in [9.17, 15) is 4.79 Å². The highest BCUT2D eigenvalue weighted by atomic mass is 16.2. The summed E-state index contributed by atoms with van der Waals surface area (Å²) in [6, 6.07) is 10.8. The molecule has 2 heterocycles. The third-order valence-electron chi connectivity index (χ3n) is 5.18. The molecule has 0 spiro atoms. The van der Waals surface area contributed by atoms with Gasteiger partial charge in [0.25, 0.3) is 0 Å². The molecule has 0 saturated carbocycles. The molecule has 2 aliphatic heterocycles. The first-order chi connectivity index (χ1) is 12.2. The Kier molecular flexibility index (Phi) is 6.48. The lowest BCUT2D eigenvalue weighted by Gasteiger charge is -2.36. The van der Waals surface area contributed by atoms with Gasteiger partial charge in [-0.25, -0.2) is 4.79 Å². The molecule has 3 rings (SSSR count). The number of rotatable bonds is 4. The molecule has 2 aliphatic rings. The number of piperidine rings is 1. The first-order valence-electron chi connectivity index (χ1n) is 9.38. The van der Waals surface area contributed by atoms with Gasteiger partial charge >= 0.3 is 6.03 Å². The molecule has 1 N–H and O–H groups in total. The van der Waals surface area contributed by atoms with Gasteiger partial charge in [-0.2, -0.15) is 0 Å². The molecule has 2 fully saturated rings. The van der Waals surface area contributed by atoms with E-state index >= 15 is 0 Å². The first kappa shape index (κ1) is 18.0. The number of nitrogens with one attached hydrogen (secondary N) is 1. The summed E-state index contributed by atoms with van der Waals surface area (Å²) in [4.78, 5) is 19.1. The van der Waals surface area contributed by atoms with Crippen LogP contribution in [0.2, 0.25) is 0 Å². The summed E-state index contributed by atoms with van der Waals surface area (Å²) in [5, 5.41) is 3.22. The number of carbonyl (C=O) groups excluding carboxylic acids is 1. The van der Waals surface area contributed by atoms with Crippen molar-refractivity contribution in [2.75, 3.05) is 52.9 Å². The number of hydrogen-bond acceptors (Lipinski definition) is 3. The minimum Gasteiger partial charge on any atom is -0.335 e. The van der Waals surface area contributed by atoms with Gasteiger partial charge in [0.2, 0.25) is 0 Å². The second-order valence-corrected chi connectivity index (χ2v) is 7.13. The summed E-state index contributed by atoms with van der Waals surface area (Å²) in [5.74, 6) is 0. The number of amides is 2. The monoisotopic (exact) mass is 342 g/mol. The minimum atomic E-state index is 0.119. The largest absolute Gasteiger partial charge is 0.335 e. The van der Waals surface area contributed by atoms with Gasteiger partial charge in [-0.1, -0.05) is 42.5 Å². The van der Waals surface area contributed by atoms with Crippen molar-refractivity contribution in [3.63, 3.8) is 0 Å². The third kappa shape index (κ3) is 5.58. The molecule has 25 heavy (non-hydrogen) atoms. The van der Waals surface area contributed by atoms with Crippen molar-refractivity contribution in [3.05, 3.63) is 42.0 Å². The molecule has 0 radical (unpaired) electrons. The minimum absolute atomic E-state index is 0.119. The van der Waals surface area contributed by atoms with E-state index in [0.717, 1.165) is 58.7 Å². The maximum Gasteiger partial charge on any atom is 0.317 e. The summed E-state index contributed by atoms with van der Waals surface area (Å²) in [7, 11) is 2.14. The molecule has 0 atom stereocenters. The lowest BCUT2D eigenvalue weighted by Crippen LogP contribution is -2.54. The predicted octanol–water partition coefficient (Wildman–Crippen LogP) is 2.12. The van der Waals surface area contributed by atoms with Crippen LogP contribution < -0.4 is 5.32 Å². The highest BCUT2D eigenvalue weighted by molar-refractivity contribution is 5.74. The van der Waals surface area contributed by atoms with Crippen LogP contribution in [0.1, 0.15) is 18.4 Å². The lowest BCUT2D eigenvalue weighted by atomic mass is 10.1. The SMILES string of the molecule is CN1CCC(NC(=O)N2CCN(C/C=C/c3ccccc3)CC2)CC1. The van der Waals surface area contributed by atoms with E-state index in [4.69, 9.17) is 0 Å². The molecule has 0 unspecified atom stereocenters. The van der Waals surface area contributed by atoms with Gasteiger partial charge in [-0.3, -0.25) is 4.90 Å². The summed E-state index contributed by atoms with van der Waals surface area (Å²) >= 11 is 0. The molecule has 2 saturated heterocycles. The first-order valence-corrected chi connectivity index (χ1v) is 9.38. The highest BCUT2D eigenvalue weighted by Crippen LogP contribution is 2.10. The van der Waals surface area contributed by atoms with Crippen LogP contribution in [0.5, 0.6) is 0 Å². The van der Waals surface area contributed by atoms with Gasteiger partial charge in [0.05, 0.1) is 0 Å². The van der Waals surface area contributed by atoms with Gasteiger partial charge in [-0.15, -0.1) is 0 Å². The average molecular weight is 342 g/mol. The molecule has 136 valence electrons. The van der Waals surface area contributed by atoms with E-state index in [2.05, 4.69) is 58.6 Å². The second kappa shape index (κ2) is 9.02. The molecule has 0 bridgehead atoms. The van der Waals surface area contributed by atoms with E-state index in [-0.39, 0.29) is 6.03 Å². The van der Waals surface area contributed by atoms with Gasteiger partial charge in [0, 0.05) is 38.8 Å². The van der Waals surface area contributed by atoms with Crippen molar-refractivity contribution in [1.29, 1.82) is 0 Å². The molecule has 1 aromatic rings. The van der Waals surface area contributed by atoms with Crippen LogP contribution in [0.25, 0.3) is 6.08 Å². The molecule has 5 heteroatoms. The van der Waals surface area contributed by atoms with Crippen LogP contribution in [0, 0.1) is 0 Å². The Morgan fingerprint density at radius 1 is 1.08 bits per heavy atom. The Labute approximate surface area is 151 Å². The van der Waals surface area contributed by atoms with Crippen molar-refractivity contribution in [3.8, 4) is 0 Å². The van der Waals surface area contributed by atoms with Crippen LogP contribution >= 0.6 is 0 Å². The molecule has 5 nitrogen and oxygen atoms in total. The Hall–Kier alpha value is -1.85. The maximum atomic E-state index is 12.4. The van der Waals surface area contributed by atoms with Crippen LogP contribution in [-0.2, 0) is 0 Å². The molecule has 2 amide bonds. The fraction of sp³-hybridized carbons (Fsp3) is 0.550. The van der Waals surface area contributed by atoms with Gasteiger partial charge in [0.1, 0.15) is 0 Å². The summed E-state index contributed by atoms with van der Waals surface area (Å²) in [6.45, 7) is 6.62. The Balaban J connectivity index is 1.36. The van der Waals surface area contributed by atoms with Crippen LogP contribution in [-0.4, -0.2) is 79.6 Å². The lowest BCUT2D eigenvalue weighted by molar-refractivity contribution is 0.139. The van der Waals surface area contributed by atoms with Crippen molar-refractivity contribution >= 4 is 12.1 Å². The van der Waals surface area contributed by atoms with Crippen molar-refractivity contribution in [2.24, 2.45) is 0 Å². The molecule has 1 aromatic carbocycles. The predicted molar refractivity (Wildman–Crippen MR) is 103 cm³/mol. The third-order valence-corrected chi connectivity index (χ3v) is 5.18. The fourth-order valence-electron chi connectivity index (χ4n) is 3.45. The number of hydrogen-bond donors (Lipinski definition) is 1. The van der Waals surface area contributed by atoms with Crippen molar-refractivity contribution in [2.45, 2.75) is 18.9 Å². The smallest absolute Gasteiger partial charge is 0.317 e. The average Bonchev–Trinajstić information content (AvgIpc) is 2.65. The summed E-state index contributed by atoms with van der Waals surface area (Å²) < 4.78 is 0. The molecular weight excluding hydrogens is 312 g/mol. The zero-order valence-corrected chi connectivity index (χ0v) is 15.2. The van der Waals surface area contributed by atoms with Gasteiger partial charge in [0.15, 0.2) is 0 Å². The van der Waals surface area contributed by atoms with Crippen LogP contribution in [0.15, 0.2) is 36.4 Å². The highest BCUT2D eigenvalue weighted by Gasteiger charge is 2.24. The van der Waals surface area contributed by atoms with E-state index < -0.39 is 0 Å². The fourth-order valence-corrected chi connectivity index (χ4v) is 3.45. The maximum absolute atomic E-state index is 12.4. The van der Waals surface area contributed by atoms with Gasteiger partial charge in [-0.05, 0) is 38.5 Å². The quantitative estimate of drug-likeness (QED) is 0.911.